The summed E-state index contributed by atoms with van der Waals surface area (Å²) in [5.74, 6) is 1.77. The van der Waals surface area contributed by atoms with Crippen LogP contribution < -0.4 is 10.1 Å². The fraction of sp³-hybridized carbons (Fsp3) is 0.571. The quantitative estimate of drug-likeness (QED) is 0.825. The van der Waals surface area contributed by atoms with Crippen molar-refractivity contribution in [3.05, 3.63) is 28.3 Å². The molecule has 0 aliphatic carbocycles. The first-order chi connectivity index (χ1) is 7.56. The molecule has 1 aliphatic rings. The second-order valence-electron chi connectivity index (χ2n) is 4.95. The molecule has 1 N–H and O–H groups in total. The molecule has 0 bridgehead atoms. The summed E-state index contributed by atoms with van der Waals surface area (Å²) in [4.78, 5) is 0. The van der Waals surface area contributed by atoms with Gasteiger partial charge in [-0.1, -0.05) is 13.0 Å². The van der Waals surface area contributed by atoms with Crippen molar-refractivity contribution in [3.63, 3.8) is 0 Å². The molecule has 1 aromatic rings. The number of methoxy groups -OCH3 is 1. The highest BCUT2D eigenvalue weighted by atomic mass is 16.5. The van der Waals surface area contributed by atoms with Crippen molar-refractivity contribution in [1.29, 1.82) is 0 Å². The minimum atomic E-state index is 0.467. The van der Waals surface area contributed by atoms with E-state index in [0.717, 1.165) is 12.3 Å². The largest absolute Gasteiger partial charge is 0.496 e. The number of benzene rings is 1. The van der Waals surface area contributed by atoms with E-state index in [4.69, 9.17) is 4.74 Å². The Kier molecular flexibility index (Phi) is 2.94. The van der Waals surface area contributed by atoms with E-state index in [1.807, 2.05) is 0 Å². The molecule has 88 valence electrons. The number of nitrogens with one attached hydrogen (secondary N) is 1. The number of ether oxygens (including phenoxy) is 1. The molecule has 16 heavy (non-hydrogen) atoms. The molecule has 2 rings (SSSR count). The summed E-state index contributed by atoms with van der Waals surface area (Å²) in [6.45, 7) is 9.86. The topological polar surface area (TPSA) is 21.3 Å². The Labute approximate surface area is 98.0 Å². The molecule has 1 heterocycles. The van der Waals surface area contributed by atoms with Crippen molar-refractivity contribution in [3.8, 4) is 5.75 Å². The summed E-state index contributed by atoms with van der Waals surface area (Å²) in [7, 11) is 1.77. The van der Waals surface area contributed by atoms with Crippen molar-refractivity contribution >= 4 is 0 Å². The van der Waals surface area contributed by atoms with Gasteiger partial charge >= 0.3 is 0 Å². The SMILES string of the molecule is COc1c(C)c(C)cc(C)c1C1NCC1C. The van der Waals surface area contributed by atoms with Crippen molar-refractivity contribution < 1.29 is 4.74 Å². The average Bonchev–Trinajstić information content (AvgIpc) is 2.24. The maximum absolute atomic E-state index is 5.60. The van der Waals surface area contributed by atoms with Gasteiger partial charge in [-0.05, 0) is 43.4 Å². The van der Waals surface area contributed by atoms with E-state index in [0.29, 0.717) is 12.0 Å². The van der Waals surface area contributed by atoms with Crippen molar-refractivity contribution in [2.45, 2.75) is 33.7 Å². The molecule has 1 aliphatic heterocycles. The van der Waals surface area contributed by atoms with E-state index in [2.05, 4.69) is 39.1 Å². The maximum atomic E-state index is 5.60. The highest BCUT2D eigenvalue weighted by Gasteiger charge is 2.31. The number of hydrogen-bond donors (Lipinski definition) is 1. The van der Waals surface area contributed by atoms with Gasteiger partial charge in [0.05, 0.1) is 7.11 Å². The molecule has 2 atom stereocenters. The normalized spacial score (nSPS) is 24.1. The standard InChI is InChI=1S/C14H21NO/c1-8-6-9(2)12(13-10(3)7-15-13)14(16-5)11(8)4/h6,10,13,15H,7H2,1-5H3. The van der Waals surface area contributed by atoms with Gasteiger partial charge in [0.25, 0.3) is 0 Å². The minimum absolute atomic E-state index is 0.467. The molecular formula is C14H21NO. The van der Waals surface area contributed by atoms with E-state index in [1.54, 1.807) is 7.11 Å². The lowest BCUT2D eigenvalue weighted by Crippen LogP contribution is -2.44. The van der Waals surface area contributed by atoms with Crippen LogP contribution in [0.3, 0.4) is 0 Å². The molecule has 2 unspecified atom stereocenters. The molecule has 1 saturated heterocycles. The first-order valence-corrected chi connectivity index (χ1v) is 5.94. The molecule has 0 radical (unpaired) electrons. The second kappa shape index (κ2) is 4.10. The summed E-state index contributed by atoms with van der Waals surface area (Å²) < 4.78 is 5.60. The van der Waals surface area contributed by atoms with Crippen LogP contribution in [0.15, 0.2) is 6.07 Å². The lowest BCUT2D eigenvalue weighted by atomic mass is 9.83. The van der Waals surface area contributed by atoms with Gasteiger partial charge in [-0.2, -0.15) is 0 Å². The highest BCUT2D eigenvalue weighted by Crippen LogP contribution is 2.39. The van der Waals surface area contributed by atoms with E-state index >= 15 is 0 Å². The van der Waals surface area contributed by atoms with Crippen molar-refractivity contribution in [1.82, 2.24) is 5.32 Å². The minimum Gasteiger partial charge on any atom is -0.496 e. The molecule has 2 heteroatoms. The number of hydrogen-bond acceptors (Lipinski definition) is 2. The van der Waals surface area contributed by atoms with Crippen LogP contribution >= 0.6 is 0 Å². The summed E-state index contributed by atoms with van der Waals surface area (Å²) in [6, 6.07) is 2.73. The lowest BCUT2D eigenvalue weighted by molar-refractivity contribution is 0.249. The van der Waals surface area contributed by atoms with Crippen LogP contribution in [0.25, 0.3) is 0 Å². The monoisotopic (exact) mass is 219 g/mol. The molecule has 1 fully saturated rings. The maximum Gasteiger partial charge on any atom is 0.127 e. The Morgan fingerprint density at radius 1 is 1.25 bits per heavy atom. The zero-order valence-electron chi connectivity index (χ0n) is 10.8. The van der Waals surface area contributed by atoms with Gasteiger partial charge in [0.15, 0.2) is 0 Å². The Morgan fingerprint density at radius 2 is 1.94 bits per heavy atom. The Morgan fingerprint density at radius 3 is 2.38 bits per heavy atom. The fourth-order valence-corrected chi connectivity index (χ4v) is 2.58. The van der Waals surface area contributed by atoms with E-state index in [1.165, 1.54) is 22.3 Å². The van der Waals surface area contributed by atoms with Gasteiger partial charge in [-0.3, -0.25) is 0 Å². The number of aryl methyl sites for hydroxylation is 2. The van der Waals surface area contributed by atoms with Gasteiger partial charge in [-0.25, -0.2) is 0 Å². The summed E-state index contributed by atoms with van der Waals surface area (Å²) in [5.41, 5.74) is 5.27. The molecule has 1 aromatic carbocycles. The fourth-order valence-electron chi connectivity index (χ4n) is 2.58. The third-order valence-electron chi connectivity index (χ3n) is 3.78. The van der Waals surface area contributed by atoms with Crippen molar-refractivity contribution in [2.75, 3.05) is 13.7 Å². The van der Waals surface area contributed by atoms with Gasteiger partial charge in [0, 0.05) is 18.2 Å². The van der Waals surface area contributed by atoms with E-state index in [-0.39, 0.29) is 0 Å². The van der Waals surface area contributed by atoms with E-state index in [9.17, 15) is 0 Å². The predicted octanol–water partition coefficient (Wildman–Crippen LogP) is 2.90. The molecule has 0 saturated carbocycles. The highest BCUT2D eigenvalue weighted by molar-refractivity contribution is 5.51. The Hall–Kier alpha value is -1.02. The second-order valence-corrected chi connectivity index (χ2v) is 4.95. The third kappa shape index (κ3) is 1.61. The smallest absolute Gasteiger partial charge is 0.127 e. The van der Waals surface area contributed by atoms with Crippen LogP contribution in [0.1, 0.15) is 35.2 Å². The van der Waals surface area contributed by atoms with Gasteiger partial charge < -0.3 is 10.1 Å². The predicted molar refractivity (Wildman–Crippen MR) is 67.1 cm³/mol. The summed E-state index contributed by atoms with van der Waals surface area (Å²) >= 11 is 0. The summed E-state index contributed by atoms with van der Waals surface area (Å²) in [5, 5.41) is 3.49. The molecular weight excluding hydrogens is 198 g/mol. The third-order valence-corrected chi connectivity index (χ3v) is 3.78. The van der Waals surface area contributed by atoms with E-state index < -0.39 is 0 Å². The molecule has 2 nitrogen and oxygen atoms in total. The van der Waals surface area contributed by atoms with Crippen LogP contribution in [0, 0.1) is 26.7 Å². The van der Waals surface area contributed by atoms with Crippen LogP contribution in [0.5, 0.6) is 5.75 Å². The zero-order valence-corrected chi connectivity index (χ0v) is 10.8. The Balaban J connectivity index is 2.54. The van der Waals surface area contributed by atoms with Gasteiger partial charge in [0.2, 0.25) is 0 Å². The van der Waals surface area contributed by atoms with Crippen LogP contribution in [0.4, 0.5) is 0 Å². The van der Waals surface area contributed by atoms with Crippen LogP contribution in [0.2, 0.25) is 0 Å². The average molecular weight is 219 g/mol. The molecule has 0 aromatic heterocycles. The number of rotatable bonds is 2. The van der Waals surface area contributed by atoms with Gasteiger partial charge in [-0.15, -0.1) is 0 Å². The molecule has 0 amide bonds. The van der Waals surface area contributed by atoms with Crippen LogP contribution in [-0.2, 0) is 0 Å². The first kappa shape index (κ1) is 11.5. The lowest BCUT2D eigenvalue weighted by Gasteiger charge is -2.38. The Bertz CT molecular complexity index is 412. The van der Waals surface area contributed by atoms with Gasteiger partial charge in [0.1, 0.15) is 5.75 Å². The zero-order chi connectivity index (χ0) is 11.9. The van der Waals surface area contributed by atoms with Crippen molar-refractivity contribution in [2.24, 2.45) is 5.92 Å². The first-order valence-electron chi connectivity index (χ1n) is 5.94. The molecule has 0 spiro atoms. The summed E-state index contributed by atoms with van der Waals surface area (Å²) in [6.07, 6.45) is 0. The van der Waals surface area contributed by atoms with Crippen LogP contribution in [-0.4, -0.2) is 13.7 Å².